The van der Waals surface area contributed by atoms with E-state index in [1.165, 1.54) is 30.5 Å². The summed E-state index contributed by atoms with van der Waals surface area (Å²) in [4.78, 5) is 4.94. The summed E-state index contributed by atoms with van der Waals surface area (Å²) >= 11 is 0. The summed E-state index contributed by atoms with van der Waals surface area (Å²) in [5.41, 5.74) is 2.79. The average molecular weight is 325 g/mol. The Balaban J connectivity index is 1.77. The van der Waals surface area contributed by atoms with Crippen LogP contribution < -0.4 is 9.47 Å². The molecule has 0 saturated heterocycles. The summed E-state index contributed by atoms with van der Waals surface area (Å²) in [6.07, 6.45) is 8.72. The van der Waals surface area contributed by atoms with Crippen molar-refractivity contribution in [2.75, 3.05) is 20.8 Å². The van der Waals surface area contributed by atoms with Gasteiger partial charge in [0, 0.05) is 30.2 Å². The first-order valence-electron chi connectivity index (χ1n) is 9.15. The summed E-state index contributed by atoms with van der Waals surface area (Å²) in [5, 5.41) is 0. The number of hydrogen-bond acceptors (Lipinski definition) is 3. The van der Waals surface area contributed by atoms with Gasteiger partial charge in [-0.3, -0.25) is 4.99 Å². The zero-order chi connectivity index (χ0) is 16.7. The maximum Gasteiger partial charge on any atom is 0.122 e. The van der Waals surface area contributed by atoms with Gasteiger partial charge in [-0.1, -0.05) is 19.1 Å². The molecule has 0 amide bonds. The van der Waals surface area contributed by atoms with Crippen LogP contribution in [0.4, 0.5) is 0 Å². The molecule has 0 N–H and O–H groups in total. The van der Waals surface area contributed by atoms with Crippen molar-refractivity contribution in [1.29, 1.82) is 0 Å². The van der Waals surface area contributed by atoms with Crippen molar-refractivity contribution in [1.82, 2.24) is 0 Å². The van der Waals surface area contributed by atoms with Crippen LogP contribution in [0.5, 0.6) is 11.5 Å². The highest BCUT2D eigenvalue weighted by molar-refractivity contribution is 5.89. The van der Waals surface area contributed by atoms with Crippen LogP contribution in [0, 0.1) is 23.7 Å². The molecule has 0 bridgehead atoms. The van der Waals surface area contributed by atoms with Crippen molar-refractivity contribution in [2.24, 2.45) is 28.7 Å². The highest BCUT2D eigenvalue weighted by Crippen LogP contribution is 2.50. The molecule has 3 heteroatoms. The van der Waals surface area contributed by atoms with Gasteiger partial charge in [0.2, 0.25) is 0 Å². The molecule has 1 aromatic rings. The Bertz CT molecular complexity index is 656. The van der Waals surface area contributed by atoms with Crippen LogP contribution in [0.15, 0.2) is 35.3 Å². The minimum absolute atomic E-state index is 0.425. The third-order valence-electron chi connectivity index (χ3n) is 6.21. The minimum atomic E-state index is 0.425. The molecule has 0 spiro atoms. The molecular formula is C21H27NO2. The second-order valence-electron chi connectivity index (χ2n) is 7.53. The number of rotatable bonds is 3. The number of ether oxygens (including phenoxy) is 2. The molecule has 1 fully saturated rings. The Morgan fingerprint density at radius 1 is 1.04 bits per heavy atom. The van der Waals surface area contributed by atoms with E-state index in [1.54, 1.807) is 14.2 Å². The van der Waals surface area contributed by atoms with E-state index in [0.717, 1.165) is 18.0 Å². The van der Waals surface area contributed by atoms with E-state index >= 15 is 0 Å². The molecule has 0 aromatic heterocycles. The van der Waals surface area contributed by atoms with Gasteiger partial charge in [-0.15, -0.1) is 0 Å². The lowest BCUT2D eigenvalue weighted by molar-refractivity contribution is 0.186. The fraction of sp³-hybridized carbons (Fsp3) is 0.571. The highest BCUT2D eigenvalue weighted by atomic mass is 16.5. The van der Waals surface area contributed by atoms with Crippen molar-refractivity contribution in [3.8, 4) is 11.5 Å². The van der Waals surface area contributed by atoms with Crippen LogP contribution in [0.1, 0.15) is 37.7 Å². The van der Waals surface area contributed by atoms with Gasteiger partial charge >= 0.3 is 0 Å². The van der Waals surface area contributed by atoms with Crippen LogP contribution in [0.2, 0.25) is 0 Å². The number of allylic oxidation sites excluding steroid dienone is 2. The molecule has 3 aliphatic rings. The fourth-order valence-corrected chi connectivity index (χ4v) is 5.08. The normalized spacial score (nSPS) is 34.3. The molecule has 1 saturated carbocycles. The smallest absolute Gasteiger partial charge is 0.122 e. The van der Waals surface area contributed by atoms with Crippen LogP contribution >= 0.6 is 0 Å². The van der Waals surface area contributed by atoms with E-state index in [4.69, 9.17) is 14.5 Å². The molecule has 1 aliphatic heterocycles. The Kier molecular flexibility index (Phi) is 4.11. The minimum Gasteiger partial charge on any atom is -0.497 e. The maximum absolute atomic E-state index is 5.50. The lowest BCUT2D eigenvalue weighted by Gasteiger charge is -2.48. The second-order valence-corrected chi connectivity index (χ2v) is 7.53. The average Bonchev–Trinajstić information content (AvgIpc) is 2.64. The molecule has 1 aromatic carbocycles. The molecule has 3 nitrogen and oxygen atoms in total. The molecule has 0 unspecified atom stereocenters. The van der Waals surface area contributed by atoms with Crippen LogP contribution in [0.25, 0.3) is 0 Å². The SMILES string of the molecule is COc1cc(OC)cc([C@@H]2C=C[C@@H]3CCCC4=NC[C@H](C)[C@H]2[C@H]43)c1. The molecule has 128 valence electrons. The van der Waals surface area contributed by atoms with E-state index in [9.17, 15) is 0 Å². The summed E-state index contributed by atoms with van der Waals surface area (Å²) in [6, 6.07) is 6.31. The van der Waals surface area contributed by atoms with Crippen molar-refractivity contribution >= 4 is 5.71 Å². The molecule has 4 rings (SSSR count). The van der Waals surface area contributed by atoms with Gasteiger partial charge in [-0.2, -0.15) is 0 Å². The van der Waals surface area contributed by atoms with Gasteiger partial charge in [0.15, 0.2) is 0 Å². The van der Waals surface area contributed by atoms with Gasteiger partial charge in [0.1, 0.15) is 11.5 Å². The highest BCUT2D eigenvalue weighted by Gasteiger charge is 2.45. The largest absolute Gasteiger partial charge is 0.497 e. The number of aliphatic imine (C=N–C) groups is 1. The van der Waals surface area contributed by atoms with Crippen molar-refractivity contribution in [3.05, 3.63) is 35.9 Å². The molecule has 24 heavy (non-hydrogen) atoms. The van der Waals surface area contributed by atoms with E-state index in [-0.39, 0.29) is 0 Å². The Labute approximate surface area is 144 Å². The van der Waals surface area contributed by atoms with Crippen LogP contribution in [0.3, 0.4) is 0 Å². The van der Waals surface area contributed by atoms with E-state index in [2.05, 4.69) is 31.2 Å². The standard InChI is InChI=1S/C21H27NO2/c1-13-12-22-19-6-4-5-14-7-8-18(20(13)21(14)19)15-9-16(23-2)11-17(10-15)24-3/h7-11,13-14,18,20-21H,4-6,12H2,1-3H3/t13-,14-,18-,20+,21-/m0/s1. The van der Waals surface area contributed by atoms with Crippen molar-refractivity contribution in [2.45, 2.75) is 32.1 Å². The number of hydrogen-bond donors (Lipinski definition) is 0. The summed E-state index contributed by atoms with van der Waals surface area (Å²) < 4.78 is 11.0. The fourth-order valence-electron chi connectivity index (χ4n) is 5.08. The Hall–Kier alpha value is -1.77. The second kappa shape index (κ2) is 6.27. The van der Waals surface area contributed by atoms with Gasteiger partial charge in [0.05, 0.1) is 14.2 Å². The lowest BCUT2D eigenvalue weighted by Crippen LogP contribution is -2.45. The van der Waals surface area contributed by atoms with Gasteiger partial charge < -0.3 is 9.47 Å². The van der Waals surface area contributed by atoms with Gasteiger partial charge in [-0.05, 0) is 54.7 Å². The monoisotopic (exact) mass is 325 g/mol. The third kappa shape index (κ3) is 2.54. The van der Waals surface area contributed by atoms with Crippen molar-refractivity contribution in [3.63, 3.8) is 0 Å². The molecule has 5 atom stereocenters. The van der Waals surface area contributed by atoms with Gasteiger partial charge in [0.25, 0.3) is 0 Å². The predicted molar refractivity (Wildman–Crippen MR) is 97.2 cm³/mol. The van der Waals surface area contributed by atoms with Crippen LogP contribution in [-0.4, -0.2) is 26.5 Å². The number of methoxy groups -OCH3 is 2. The summed E-state index contributed by atoms with van der Waals surface area (Å²) in [7, 11) is 3.45. The summed E-state index contributed by atoms with van der Waals surface area (Å²) in [5.74, 6) is 4.76. The zero-order valence-electron chi connectivity index (χ0n) is 14.9. The van der Waals surface area contributed by atoms with E-state index in [1.807, 2.05) is 6.07 Å². The predicted octanol–water partition coefficient (Wildman–Crippen LogP) is 4.48. The molecule has 1 heterocycles. The lowest BCUT2D eigenvalue weighted by atomic mass is 9.58. The van der Waals surface area contributed by atoms with E-state index < -0.39 is 0 Å². The topological polar surface area (TPSA) is 30.8 Å². The number of benzene rings is 1. The molecular weight excluding hydrogens is 298 g/mol. The first kappa shape index (κ1) is 15.7. The quantitative estimate of drug-likeness (QED) is 0.767. The summed E-state index contributed by atoms with van der Waals surface area (Å²) in [6.45, 7) is 3.36. The van der Waals surface area contributed by atoms with E-state index in [0.29, 0.717) is 29.6 Å². The number of nitrogens with zero attached hydrogens (tertiary/aromatic N) is 1. The van der Waals surface area contributed by atoms with Crippen molar-refractivity contribution < 1.29 is 9.47 Å². The third-order valence-corrected chi connectivity index (χ3v) is 6.21. The first-order valence-corrected chi connectivity index (χ1v) is 9.15. The molecule has 0 radical (unpaired) electrons. The zero-order valence-corrected chi connectivity index (χ0v) is 14.9. The molecule has 2 aliphatic carbocycles. The van der Waals surface area contributed by atoms with Crippen LogP contribution in [-0.2, 0) is 0 Å². The van der Waals surface area contributed by atoms with Gasteiger partial charge in [-0.25, -0.2) is 0 Å². The maximum atomic E-state index is 5.50. The Morgan fingerprint density at radius 2 is 1.79 bits per heavy atom. The first-order chi connectivity index (χ1) is 11.7. The Morgan fingerprint density at radius 3 is 2.50 bits per heavy atom.